The van der Waals surface area contributed by atoms with Crippen LogP contribution in [-0.4, -0.2) is 17.3 Å². The minimum absolute atomic E-state index is 0.102. The van der Waals surface area contributed by atoms with E-state index < -0.39 is 0 Å². The van der Waals surface area contributed by atoms with Crippen molar-refractivity contribution in [3.8, 4) is 5.75 Å². The molecule has 0 aliphatic rings. The zero-order valence-corrected chi connectivity index (χ0v) is 10.7. The molecule has 0 spiro atoms. The van der Waals surface area contributed by atoms with Crippen LogP contribution in [0.3, 0.4) is 0 Å². The molecule has 0 saturated carbocycles. The highest BCUT2D eigenvalue weighted by Crippen LogP contribution is 2.24. The van der Waals surface area contributed by atoms with Gasteiger partial charge in [0.2, 0.25) is 5.91 Å². The molecule has 0 aromatic heterocycles. The summed E-state index contributed by atoms with van der Waals surface area (Å²) in [5, 5.41) is 2.77. The maximum Gasteiger partial charge on any atom is 0.237 e. The van der Waals surface area contributed by atoms with E-state index in [2.05, 4.69) is 27.8 Å². The Kier molecular flexibility index (Phi) is 5.05. The molecule has 0 aliphatic carbocycles. The first-order valence-electron chi connectivity index (χ1n) is 4.93. The maximum absolute atomic E-state index is 11.5. The van der Waals surface area contributed by atoms with Crippen LogP contribution in [0.1, 0.15) is 6.92 Å². The zero-order chi connectivity index (χ0) is 12.0. The minimum Gasteiger partial charge on any atom is -0.487 e. The van der Waals surface area contributed by atoms with Crippen LogP contribution in [0.2, 0.25) is 0 Å². The predicted molar refractivity (Wildman–Crippen MR) is 69.2 cm³/mol. The molecule has 0 aliphatic heterocycles. The zero-order valence-electron chi connectivity index (χ0n) is 9.07. The van der Waals surface area contributed by atoms with Gasteiger partial charge in [-0.1, -0.05) is 40.7 Å². The van der Waals surface area contributed by atoms with Crippen molar-refractivity contribution < 1.29 is 9.53 Å². The summed E-state index contributed by atoms with van der Waals surface area (Å²) in [7, 11) is 0. The highest BCUT2D eigenvalue weighted by molar-refractivity contribution is 9.10. The third kappa shape index (κ3) is 3.70. The molecule has 0 bridgehead atoms. The molecular weight excluding hydrogens is 270 g/mol. The summed E-state index contributed by atoms with van der Waals surface area (Å²) in [5.74, 6) is 0.540. The van der Waals surface area contributed by atoms with Gasteiger partial charge in [-0.05, 0) is 19.1 Å². The van der Waals surface area contributed by atoms with Crippen LogP contribution in [-0.2, 0) is 4.79 Å². The quantitative estimate of drug-likeness (QED) is 0.667. The number of nitrogens with one attached hydrogen (secondary N) is 1. The highest BCUT2D eigenvalue weighted by atomic mass is 79.9. The maximum atomic E-state index is 11.5. The fourth-order valence-corrected chi connectivity index (χ4v) is 1.19. The normalized spacial score (nSPS) is 11.6. The summed E-state index contributed by atoms with van der Waals surface area (Å²) in [6.07, 6.45) is 1.66. The van der Waals surface area contributed by atoms with E-state index >= 15 is 0 Å². The minimum atomic E-state index is -0.236. The van der Waals surface area contributed by atoms with E-state index in [1.54, 1.807) is 25.1 Å². The van der Waals surface area contributed by atoms with E-state index in [0.29, 0.717) is 18.0 Å². The van der Waals surface area contributed by atoms with Gasteiger partial charge in [0, 0.05) is 0 Å². The van der Waals surface area contributed by atoms with E-state index in [1.165, 1.54) is 0 Å². The van der Waals surface area contributed by atoms with E-state index in [-0.39, 0.29) is 10.7 Å². The number of halogens is 1. The number of carbonyl (C=O) groups is 1. The topological polar surface area (TPSA) is 38.3 Å². The number of para-hydroxylation sites is 2. The van der Waals surface area contributed by atoms with Crippen LogP contribution >= 0.6 is 15.9 Å². The number of hydrogen-bond donors (Lipinski definition) is 1. The van der Waals surface area contributed by atoms with Gasteiger partial charge in [0.25, 0.3) is 0 Å². The summed E-state index contributed by atoms with van der Waals surface area (Å²) in [5.41, 5.74) is 0.667. The van der Waals surface area contributed by atoms with Gasteiger partial charge in [0.1, 0.15) is 12.4 Å². The van der Waals surface area contributed by atoms with Crippen LogP contribution in [0.25, 0.3) is 0 Å². The number of rotatable bonds is 5. The average Bonchev–Trinajstić information content (AvgIpc) is 2.27. The van der Waals surface area contributed by atoms with Crippen molar-refractivity contribution in [3.63, 3.8) is 0 Å². The Bertz CT molecular complexity index is 377. The van der Waals surface area contributed by atoms with Crippen molar-refractivity contribution in [2.24, 2.45) is 0 Å². The largest absolute Gasteiger partial charge is 0.487 e. The Balaban J connectivity index is 2.78. The van der Waals surface area contributed by atoms with E-state index in [0.717, 1.165) is 0 Å². The summed E-state index contributed by atoms with van der Waals surface area (Å²) in [4.78, 5) is 11.3. The summed E-state index contributed by atoms with van der Waals surface area (Å²) >= 11 is 3.21. The van der Waals surface area contributed by atoms with Crippen molar-refractivity contribution in [3.05, 3.63) is 36.9 Å². The summed E-state index contributed by atoms with van der Waals surface area (Å²) in [6.45, 7) is 5.75. The Morgan fingerprint density at radius 2 is 2.31 bits per heavy atom. The molecule has 86 valence electrons. The molecule has 1 rings (SSSR count). The first-order valence-corrected chi connectivity index (χ1v) is 5.84. The molecule has 1 unspecified atom stereocenters. The van der Waals surface area contributed by atoms with Crippen LogP contribution in [0.15, 0.2) is 36.9 Å². The van der Waals surface area contributed by atoms with Crippen molar-refractivity contribution >= 4 is 27.5 Å². The lowest BCUT2D eigenvalue weighted by Crippen LogP contribution is -2.20. The van der Waals surface area contributed by atoms with Crippen molar-refractivity contribution in [1.82, 2.24) is 0 Å². The number of alkyl halides is 1. The van der Waals surface area contributed by atoms with Crippen LogP contribution in [0.4, 0.5) is 5.69 Å². The number of benzene rings is 1. The summed E-state index contributed by atoms with van der Waals surface area (Å²) < 4.78 is 5.42. The number of ether oxygens (including phenoxy) is 1. The highest BCUT2D eigenvalue weighted by Gasteiger charge is 2.11. The molecular formula is C12H14BrNO2. The fourth-order valence-electron chi connectivity index (χ4n) is 1.08. The molecule has 0 heterocycles. The predicted octanol–water partition coefficient (Wildman–Crippen LogP) is 2.97. The lowest BCUT2D eigenvalue weighted by Gasteiger charge is -2.11. The first-order chi connectivity index (χ1) is 7.65. The molecule has 0 radical (unpaired) electrons. The van der Waals surface area contributed by atoms with Crippen molar-refractivity contribution in [1.29, 1.82) is 0 Å². The van der Waals surface area contributed by atoms with Gasteiger partial charge < -0.3 is 10.1 Å². The summed E-state index contributed by atoms with van der Waals surface area (Å²) in [6, 6.07) is 7.30. The number of carbonyl (C=O) groups excluding carboxylic acids is 1. The lowest BCUT2D eigenvalue weighted by molar-refractivity contribution is -0.115. The average molecular weight is 284 g/mol. The van der Waals surface area contributed by atoms with Crippen LogP contribution in [0, 0.1) is 0 Å². The van der Waals surface area contributed by atoms with Gasteiger partial charge in [0.15, 0.2) is 0 Å². The van der Waals surface area contributed by atoms with Gasteiger partial charge >= 0.3 is 0 Å². The van der Waals surface area contributed by atoms with Crippen LogP contribution < -0.4 is 10.1 Å². The van der Waals surface area contributed by atoms with Crippen LogP contribution in [0.5, 0.6) is 5.75 Å². The molecule has 1 atom stereocenters. The molecule has 1 aromatic rings. The second kappa shape index (κ2) is 6.33. The molecule has 16 heavy (non-hydrogen) atoms. The van der Waals surface area contributed by atoms with Gasteiger partial charge in [-0.15, -0.1) is 0 Å². The number of amides is 1. The lowest BCUT2D eigenvalue weighted by atomic mass is 10.3. The standard InChI is InChI=1S/C12H14BrNO2/c1-3-8-16-11-7-5-4-6-10(11)14-12(15)9(2)13/h3-7,9H,1,8H2,2H3,(H,14,15). The number of anilines is 1. The Labute approximate surface area is 104 Å². The Morgan fingerprint density at radius 3 is 2.94 bits per heavy atom. The van der Waals surface area contributed by atoms with Gasteiger partial charge in [0.05, 0.1) is 10.5 Å². The Hall–Kier alpha value is -1.29. The molecule has 3 nitrogen and oxygen atoms in total. The molecule has 0 saturated heterocycles. The first kappa shape index (κ1) is 12.8. The Morgan fingerprint density at radius 1 is 1.62 bits per heavy atom. The molecule has 4 heteroatoms. The number of hydrogen-bond acceptors (Lipinski definition) is 2. The third-order valence-electron chi connectivity index (χ3n) is 1.86. The fraction of sp³-hybridized carbons (Fsp3) is 0.250. The monoisotopic (exact) mass is 283 g/mol. The van der Waals surface area contributed by atoms with E-state index in [1.807, 2.05) is 12.1 Å². The molecule has 1 aromatic carbocycles. The second-order valence-corrected chi connectivity index (χ2v) is 4.57. The smallest absolute Gasteiger partial charge is 0.237 e. The molecule has 1 amide bonds. The van der Waals surface area contributed by atoms with Gasteiger partial charge in [-0.2, -0.15) is 0 Å². The van der Waals surface area contributed by atoms with Crippen molar-refractivity contribution in [2.45, 2.75) is 11.8 Å². The molecule has 1 N–H and O–H groups in total. The van der Waals surface area contributed by atoms with Gasteiger partial charge in [-0.3, -0.25) is 4.79 Å². The molecule has 0 fully saturated rings. The van der Waals surface area contributed by atoms with Gasteiger partial charge in [-0.25, -0.2) is 0 Å². The van der Waals surface area contributed by atoms with E-state index in [9.17, 15) is 4.79 Å². The SMILES string of the molecule is C=CCOc1ccccc1NC(=O)C(C)Br. The second-order valence-electron chi connectivity index (χ2n) is 3.20. The third-order valence-corrected chi connectivity index (χ3v) is 2.28. The van der Waals surface area contributed by atoms with E-state index in [4.69, 9.17) is 4.74 Å². The van der Waals surface area contributed by atoms with Crippen molar-refractivity contribution in [2.75, 3.05) is 11.9 Å².